The number of aromatic amines is 1. The number of hydrogen-bond donors (Lipinski definition) is 3. The number of carbonyl (C=O) groups excluding carboxylic acids is 2. The normalized spacial score (nSPS) is 35.4. The van der Waals surface area contributed by atoms with Gasteiger partial charge in [-0.1, -0.05) is 47.2 Å². The molecule has 6 heterocycles. The number of aromatic nitrogens is 1. The van der Waals surface area contributed by atoms with Crippen molar-refractivity contribution in [1.29, 1.82) is 0 Å². The predicted molar refractivity (Wildman–Crippen MR) is 120 cm³/mol. The van der Waals surface area contributed by atoms with Crippen LogP contribution in [-0.2, 0) is 15.0 Å². The van der Waals surface area contributed by atoms with Gasteiger partial charge in [0.05, 0.1) is 5.41 Å². The third-order valence-electron chi connectivity index (χ3n) is 7.24. The lowest BCUT2D eigenvalue weighted by Crippen LogP contribution is -2.73. The molecule has 0 radical (unpaired) electrons. The number of H-pyrrole nitrogens is 1. The molecule has 2 amide bonds. The maximum Gasteiger partial charge on any atom is 0.263 e. The Morgan fingerprint density at radius 2 is 1.84 bits per heavy atom. The molecule has 156 valence electrons. The summed E-state index contributed by atoms with van der Waals surface area (Å²) < 4.78 is 0. The number of aliphatic hydroxyl groups excluding tert-OH is 1. The molecular formula is C22H18N4O3S2. The zero-order valence-corrected chi connectivity index (χ0v) is 18.0. The van der Waals surface area contributed by atoms with E-state index in [0.29, 0.717) is 0 Å². The standard InChI is InChI=1S/C22H18N4O3S2/c1-25-17-16(27)26-19-21(12-7-3-5-9-15(12)24-19,18(28)22(26,20(25)29)31-30-17)13-10-23-14-8-4-2-6-11(13)14/h2-10,17-19,23-24,28H,1H3/t17-,18-,19+,21+,22-/m0/s1. The van der Waals surface area contributed by atoms with Gasteiger partial charge in [0.1, 0.15) is 12.3 Å². The third-order valence-corrected chi connectivity index (χ3v) is 10.5. The van der Waals surface area contributed by atoms with Crippen molar-refractivity contribution >= 4 is 50.0 Å². The maximum absolute atomic E-state index is 13.6. The van der Waals surface area contributed by atoms with Gasteiger partial charge in [-0.2, -0.15) is 0 Å². The van der Waals surface area contributed by atoms with Crippen LogP contribution >= 0.6 is 21.6 Å². The molecule has 1 aromatic heterocycles. The maximum atomic E-state index is 13.6. The van der Waals surface area contributed by atoms with Gasteiger partial charge in [0.15, 0.2) is 5.37 Å². The second-order valence-corrected chi connectivity index (χ2v) is 11.0. The lowest BCUT2D eigenvalue weighted by atomic mass is 9.70. The number of nitrogens with zero attached hydrogens (tertiary/aromatic N) is 2. The van der Waals surface area contributed by atoms with Gasteiger partial charge in [-0.25, -0.2) is 0 Å². The highest BCUT2D eigenvalue weighted by Crippen LogP contribution is 2.67. The number of likely N-dealkylation sites (N-methyl/N-ethyl adjacent to an activating group) is 1. The van der Waals surface area contributed by atoms with Crippen LogP contribution in [0.1, 0.15) is 11.1 Å². The van der Waals surface area contributed by atoms with Crippen LogP contribution in [0.5, 0.6) is 0 Å². The number of hydrogen-bond acceptors (Lipinski definition) is 6. The van der Waals surface area contributed by atoms with Gasteiger partial charge in [0.2, 0.25) is 4.87 Å². The molecular weight excluding hydrogens is 432 g/mol. The Morgan fingerprint density at radius 3 is 2.71 bits per heavy atom. The number of aliphatic hydroxyl groups is 1. The second kappa shape index (κ2) is 5.59. The van der Waals surface area contributed by atoms with E-state index in [1.807, 2.05) is 54.7 Å². The molecule has 3 N–H and O–H groups in total. The lowest BCUT2D eigenvalue weighted by Gasteiger charge is -2.53. The van der Waals surface area contributed by atoms with E-state index < -0.39 is 27.9 Å². The van der Waals surface area contributed by atoms with E-state index in [1.165, 1.54) is 26.5 Å². The number of anilines is 1. The molecule has 0 saturated carbocycles. The topological polar surface area (TPSA) is 88.7 Å². The summed E-state index contributed by atoms with van der Waals surface area (Å²) in [5.74, 6) is -0.363. The van der Waals surface area contributed by atoms with Crippen LogP contribution < -0.4 is 5.32 Å². The van der Waals surface area contributed by atoms with E-state index in [9.17, 15) is 14.7 Å². The molecule has 7 nitrogen and oxygen atoms in total. The Hall–Kier alpha value is -2.62. The molecule has 31 heavy (non-hydrogen) atoms. The number of amides is 2. The van der Waals surface area contributed by atoms with Crippen molar-refractivity contribution in [3.05, 3.63) is 65.9 Å². The van der Waals surface area contributed by atoms with Crippen LogP contribution in [0.4, 0.5) is 5.69 Å². The summed E-state index contributed by atoms with van der Waals surface area (Å²) in [7, 11) is 4.33. The van der Waals surface area contributed by atoms with Gasteiger partial charge in [-0.05, 0) is 34.1 Å². The quantitative estimate of drug-likeness (QED) is 0.493. The highest BCUT2D eigenvalue weighted by Gasteiger charge is 2.80. The lowest BCUT2D eigenvalue weighted by molar-refractivity contribution is -0.160. The molecule has 8 rings (SSSR count). The molecule has 4 fully saturated rings. The molecule has 4 saturated heterocycles. The van der Waals surface area contributed by atoms with Crippen LogP contribution in [0, 0.1) is 0 Å². The van der Waals surface area contributed by atoms with Gasteiger partial charge < -0.3 is 20.3 Å². The monoisotopic (exact) mass is 450 g/mol. The summed E-state index contributed by atoms with van der Waals surface area (Å²) in [5.41, 5.74) is 2.62. The highest BCUT2D eigenvalue weighted by molar-refractivity contribution is 8.78. The smallest absolute Gasteiger partial charge is 0.263 e. The summed E-state index contributed by atoms with van der Waals surface area (Å²) in [6.07, 6.45) is 0.209. The minimum atomic E-state index is -1.38. The Kier molecular flexibility index (Phi) is 3.25. The number of para-hydroxylation sites is 2. The first-order valence-electron chi connectivity index (χ1n) is 10.1. The zero-order chi connectivity index (χ0) is 21.1. The van der Waals surface area contributed by atoms with Crippen LogP contribution in [0.2, 0.25) is 0 Å². The molecule has 1 spiro atoms. The van der Waals surface area contributed by atoms with Crippen molar-refractivity contribution in [3.8, 4) is 0 Å². The van der Waals surface area contributed by atoms with Crippen molar-refractivity contribution in [2.75, 3.05) is 12.4 Å². The fourth-order valence-electron chi connectivity index (χ4n) is 5.93. The van der Waals surface area contributed by atoms with Crippen LogP contribution in [0.3, 0.4) is 0 Å². The predicted octanol–water partition coefficient (Wildman–Crippen LogP) is 2.30. The van der Waals surface area contributed by atoms with Gasteiger partial charge in [0, 0.05) is 29.8 Å². The first kappa shape index (κ1) is 18.0. The van der Waals surface area contributed by atoms with Crippen molar-refractivity contribution in [2.24, 2.45) is 0 Å². The summed E-state index contributed by atoms with van der Waals surface area (Å²) in [4.78, 5) is 32.2. The van der Waals surface area contributed by atoms with Gasteiger partial charge in [-0.15, -0.1) is 0 Å². The third kappa shape index (κ3) is 1.75. The van der Waals surface area contributed by atoms with Gasteiger partial charge in [-0.3, -0.25) is 14.5 Å². The summed E-state index contributed by atoms with van der Waals surface area (Å²) in [6.45, 7) is 0. The number of carbonyl (C=O) groups is 2. The number of piperazine rings is 1. The van der Waals surface area contributed by atoms with Crippen molar-refractivity contribution in [1.82, 2.24) is 14.8 Å². The van der Waals surface area contributed by atoms with Crippen LogP contribution in [0.15, 0.2) is 54.7 Å². The second-order valence-electron chi connectivity index (χ2n) is 8.46. The first-order chi connectivity index (χ1) is 15.0. The Balaban J connectivity index is 1.59. The van der Waals surface area contributed by atoms with Crippen molar-refractivity contribution < 1.29 is 14.7 Å². The molecule has 5 aliphatic rings. The van der Waals surface area contributed by atoms with E-state index >= 15 is 0 Å². The molecule has 3 aromatic rings. The van der Waals surface area contributed by atoms with Crippen LogP contribution in [0.25, 0.3) is 10.9 Å². The van der Waals surface area contributed by atoms with Crippen molar-refractivity contribution in [2.45, 2.75) is 27.9 Å². The highest BCUT2D eigenvalue weighted by atomic mass is 33.1. The molecule has 0 unspecified atom stereocenters. The van der Waals surface area contributed by atoms with Gasteiger partial charge >= 0.3 is 0 Å². The molecule has 0 aliphatic carbocycles. The zero-order valence-electron chi connectivity index (χ0n) is 16.4. The average molecular weight is 451 g/mol. The Bertz CT molecular complexity index is 1310. The molecule has 2 bridgehead atoms. The molecule has 2 aromatic carbocycles. The van der Waals surface area contributed by atoms with Gasteiger partial charge in [0.25, 0.3) is 11.8 Å². The fraction of sp³-hybridized carbons (Fsp3) is 0.273. The number of nitrogens with one attached hydrogen (secondary N) is 2. The van der Waals surface area contributed by atoms with Crippen molar-refractivity contribution in [3.63, 3.8) is 0 Å². The summed E-state index contributed by atoms with van der Waals surface area (Å²) in [6, 6.07) is 15.8. The Morgan fingerprint density at radius 1 is 1.06 bits per heavy atom. The van der Waals surface area contributed by atoms with E-state index in [1.54, 1.807) is 11.9 Å². The summed E-state index contributed by atoms with van der Waals surface area (Å²) in [5, 5.41) is 16.1. The largest absolute Gasteiger partial charge is 0.388 e. The minimum absolute atomic E-state index is 0.142. The van der Waals surface area contributed by atoms with E-state index in [-0.39, 0.29) is 11.8 Å². The minimum Gasteiger partial charge on any atom is -0.388 e. The summed E-state index contributed by atoms with van der Waals surface area (Å²) >= 11 is 0. The van der Waals surface area contributed by atoms with Crippen LogP contribution in [-0.4, -0.2) is 61.3 Å². The molecule has 9 heteroatoms. The molecule has 5 aliphatic heterocycles. The average Bonchev–Trinajstić information content (AvgIpc) is 3.41. The Labute approximate surface area is 185 Å². The molecule has 5 atom stereocenters. The fourth-order valence-corrected chi connectivity index (χ4v) is 9.43. The first-order valence-corrected chi connectivity index (χ1v) is 12.3. The van der Waals surface area contributed by atoms with E-state index in [2.05, 4.69) is 10.3 Å². The number of fused-ring (bicyclic) bond motifs is 6. The number of benzene rings is 2. The SMILES string of the molecule is CN1C(=O)[C@]23SS[C@H]1C(=O)N2[C@H]1Nc2ccccc2[C@@]1(c1c[nH]c2ccccc12)[C@@H]3O. The number of rotatable bonds is 1. The van der Waals surface area contributed by atoms with E-state index in [4.69, 9.17) is 0 Å². The van der Waals surface area contributed by atoms with E-state index in [0.717, 1.165) is 27.7 Å².